The molecule has 0 radical (unpaired) electrons. The smallest absolute Gasteiger partial charge is 0.274 e. The van der Waals surface area contributed by atoms with E-state index in [1.54, 1.807) is 12.1 Å². The predicted molar refractivity (Wildman–Crippen MR) is 83.8 cm³/mol. The van der Waals surface area contributed by atoms with Crippen molar-refractivity contribution >= 4 is 27.8 Å². The molecule has 2 heterocycles. The Morgan fingerprint density at radius 2 is 2.10 bits per heavy atom. The van der Waals surface area contributed by atoms with Gasteiger partial charge >= 0.3 is 0 Å². The zero-order valence-electron chi connectivity index (χ0n) is 12.3. The van der Waals surface area contributed by atoms with Crippen LogP contribution in [-0.4, -0.2) is 27.6 Å². The Balaban J connectivity index is 2.28. The van der Waals surface area contributed by atoms with Crippen LogP contribution in [-0.2, 0) is 0 Å². The van der Waals surface area contributed by atoms with Crippen molar-refractivity contribution in [1.82, 2.24) is 14.5 Å². The van der Waals surface area contributed by atoms with Crippen LogP contribution in [0.3, 0.4) is 0 Å². The topological polar surface area (TPSA) is 69.0 Å². The van der Waals surface area contributed by atoms with Gasteiger partial charge in [0, 0.05) is 28.5 Å². The molecule has 21 heavy (non-hydrogen) atoms. The molecule has 112 valence electrons. The van der Waals surface area contributed by atoms with Gasteiger partial charge in [-0.15, -0.1) is 0 Å². The second-order valence-corrected chi connectivity index (χ2v) is 5.79. The number of hydrogen-bond acceptors (Lipinski definition) is 4. The van der Waals surface area contributed by atoms with Crippen LogP contribution >= 0.6 is 15.9 Å². The molecular weight excluding hydrogens is 336 g/mol. The molecule has 0 fully saturated rings. The predicted octanol–water partition coefficient (Wildman–Crippen LogP) is 3.19. The summed E-state index contributed by atoms with van der Waals surface area (Å²) in [4.78, 5) is 20.7. The lowest BCUT2D eigenvalue weighted by molar-refractivity contribution is 0.101. The van der Waals surface area contributed by atoms with Crippen molar-refractivity contribution in [2.24, 2.45) is 0 Å². The third-order valence-electron chi connectivity index (χ3n) is 2.87. The maximum Gasteiger partial charge on any atom is 0.274 e. The maximum atomic E-state index is 12.4. The van der Waals surface area contributed by atoms with Gasteiger partial charge in [-0.3, -0.25) is 10.1 Å². The van der Waals surface area contributed by atoms with Crippen molar-refractivity contribution in [3.05, 3.63) is 34.2 Å². The average molecular weight is 353 g/mol. The molecule has 0 unspecified atom stereocenters. The van der Waals surface area contributed by atoms with Crippen molar-refractivity contribution in [3.8, 4) is 5.88 Å². The van der Waals surface area contributed by atoms with Gasteiger partial charge in [-0.25, -0.2) is 4.98 Å². The van der Waals surface area contributed by atoms with Crippen LogP contribution in [0.4, 0.5) is 5.95 Å². The largest absolute Gasteiger partial charge is 0.481 e. The van der Waals surface area contributed by atoms with E-state index < -0.39 is 0 Å². The van der Waals surface area contributed by atoms with Gasteiger partial charge in [-0.05, 0) is 42.8 Å². The molecule has 1 N–H and O–H groups in total. The van der Waals surface area contributed by atoms with E-state index in [0.29, 0.717) is 11.6 Å². The Hall–Kier alpha value is -1.89. The highest BCUT2D eigenvalue weighted by atomic mass is 79.9. The number of nitrogens with zero attached hydrogens (tertiary/aromatic N) is 3. The Morgan fingerprint density at radius 1 is 1.38 bits per heavy atom. The second-order valence-electron chi connectivity index (χ2n) is 4.87. The number of rotatable bonds is 4. The van der Waals surface area contributed by atoms with E-state index in [4.69, 9.17) is 4.74 Å². The molecule has 0 aromatic carbocycles. The summed E-state index contributed by atoms with van der Waals surface area (Å²) < 4.78 is 7.81. The van der Waals surface area contributed by atoms with Crippen LogP contribution in [0.2, 0.25) is 0 Å². The van der Waals surface area contributed by atoms with Gasteiger partial charge in [0.05, 0.1) is 7.11 Å². The van der Waals surface area contributed by atoms with Gasteiger partial charge in [0.2, 0.25) is 11.8 Å². The van der Waals surface area contributed by atoms with Crippen molar-refractivity contribution in [2.75, 3.05) is 12.4 Å². The van der Waals surface area contributed by atoms with Crippen LogP contribution in [0.25, 0.3) is 0 Å². The van der Waals surface area contributed by atoms with E-state index in [2.05, 4.69) is 31.2 Å². The lowest BCUT2D eigenvalue weighted by Crippen LogP contribution is -2.19. The highest BCUT2D eigenvalue weighted by Gasteiger charge is 2.16. The number of amides is 1. The summed E-state index contributed by atoms with van der Waals surface area (Å²) in [6.45, 7) is 5.83. The molecule has 2 aromatic rings. The zero-order chi connectivity index (χ0) is 15.6. The molecule has 1 amide bonds. The molecule has 0 atom stereocenters. The van der Waals surface area contributed by atoms with E-state index in [1.165, 1.54) is 7.11 Å². The van der Waals surface area contributed by atoms with Gasteiger partial charge < -0.3 is 9.30 Å². The standard InChI is InChI=1S/C14H17BrN4O2/c1-8(2)19-7-10(15)6-11(19)13(20)18-14-16-9(3)5-12(17-14)21-4/h5-8H,1-4H3,(H,16,17,18,20). The molecular formula is C14H17BrN4O2. The molecule has 0 bridgehead atoms. The molecule has 2 aromatic heterocycles. The van der Waals surface area contributed by atoms with Crippen LogP contribution in [0.15, 0.2) is 22.8 Å². The third-order valence-corrected chi connectivity index (χ3v) is 3.30. The first-order valence-electron chi connectivity index (χ1n) is 6.49. The summed E-state index contributed by atoms with van der Waals surface area (Å²) in [5, 5.41) is 2.70. The highest BCUT2D eigenvalue weighted by Crippen LogP contribution is 2.20. The molecule has 0 aliphatic heterocycles. The molecule has 0 aliphatic carbocycles. The Morgan fingerprint density at radius 3 is 2.71 bits per heavy atom. The van der Waals surface area contributed by atoms with Crippen LogP contribution in [0.1, 0.15) is 36.1 Å². The number of hydrogen-bond donors (Lipinski definition) is 1. The van der Waals surface area contributed by atoms with E-state index in [0.717, 1.165) is 10.2 Å². The summed E-state index contributed by atoms with van der Waals surface area (Å²) in [5.74, 6) is 0.379. The fourth-order valence-corrected chi connectivity index (χ4v) is 2.36. The van der Waals surface area contributed by atoms with E-state index >= 15 is 0 Å². The van der Waals surface area contributed by atoms with E-state index in [1.807, 2.05) is 31.5 Å². The second kappa shape index (κ2) is 6.26. The first kappa shape index (κ1) is 15.5. The fourth-order valence-electron chi connectivity index (χ4n) is 1.92. The van der Waals surface area contributed by atoms with Crippen LogP contribution in [0.5, 0.6) is 5.88 Å². The number of carbonyl (C=O) groups excluding carboxylic acids is 1. The summed E-state index contributed by atoms with van der Waals surface area (Å²) in [6.07, 6.45) is 1.87. The number of halogens is 1. The lowest BCUT2D eigenvalue weighted by atomic mass is 10.3. The maximum absolute atomic E-state index is 12.4. The first-order chi connectivity index (χ1) is 9.90. The summed E-state index contributed by atoms with van der Waals surface area (Å²) in [7, 11) is 1.52. The van der Waals surface area contributed by atoms with Gasteiger partial charge in [-0.2, -0.15) is 4.98 Å². The minimum atomic E-state index is -0.262. The molecule has 7 heteroatoms. The third kappa shape index (κ3) is 3.60. The first-order valence-corrected chi connectivity index (χ1v) is 7.28. The minimum Gasteiger partial charge on any atom is -0.481 e. The van der Waals surface area contributed by atoms with Gasteiger partial charge in [0.15, 0.2) is 0 Å². The minimum absolute atomic E-state index is 0.171. The number of carbonyl (C=O) groups is 1. The van der Waals surface area contributed by atoms with Crippen molar-refractivity contribution < 1.29 is 9.53 Å². The lowest BCUT2D eigenvalue weighted by Gasteiger charge is -2.12. The molecule has 6 nitrogen and oxygen atoms in total. The van der Waals surface area contributed by atoms with Crippen LogP contribution in [0, 0.1) is 6.92 Å². The molecule has 0 spiro atoms. The number of nitrogens with one attached hydrogen (secondary N) is 1. The average Bonchev–Trinajstić information content (AvgIpc) is 2.80. The Labute approximate surface area is 131 Å². The molecule has 0 saturated carbocycles. The zero-order valence-corrected chi connectivity index (χ0v) is 13.9. The fraction of sp³-hybridized carbons (Fsp3) is 0.357. The monoisotopic (exact) mass is 352 g/mol. The van der Waals surface area contributed by atoms with Gasteiger partial charge in [0.25, 0.3) is 5.91 Å². The van der Waals surface area contributed by atoms with Gasteiger partial charge in [0.1, 0.15) is 5.69 Å². The number of methoxy groups -OCH3 is 1. The number of ether oxygens (including phenoxy) is 1. The molecule has 2 rings (SSSR count). The van der Waals surface area contributed by atoms with Crippen LogP contribution < -0.4 is 10.1 Å². The molecule has 0 aliphatic rings. The quantitative estimate of drug-likeness (QED) is 0.917. The highest BCUT2D eigenvalue weighted by molar-refractivity contribution is 9.10. The van der Waals surface area contributed by atoms with Gasteiger partial charge in [-0.1, -0.05) is 0 Å². The van der Waals surface area contributed by atoms with E-state index in [-0.39, 0.29) is 17.9 Å². The molecule has 0 saturated heterocycles. The number of aryl methyl sites for hydroxylation is 1. The van der Waals surface area contributed by atoms with E-state index in [9.17, 15) is 4.79 Å². The summed E-state index contributed by atoms with van der Waals surface area (Å²) in [6, 6.07) is 3.64. The van der Waals surface area contributed by atoms with Crippen molar-refractivity contribution in [3.63, 3.8) is 0 Å². The Bertz CT molecular complexity index is 667. The summed E-state index contributed by atoms with van der Waals surface area (Å²) >= 11 is 3.39. The van der Waals surface area contributed by atoms with Crippen molar-refractivity contribution in [1.29, 1.82) is 0 Å². The summed E-state index contributed by atoms with van der Waals surface area (Å²) in [5.41, 5.74) is 1.26. The number of aromatic nitrogens is 3. The number of anilines is 1. The normalized spacial score (nSPS) is 10.8. The van der Waals surface area contributed by atoms with Crippen molar-refractivity contribution in [2.45, 2.75) is 26.8 Å². The Kier molecular flexibility index (Phi) is 4.62. The SMILES string of the molecule is COc1cc(C)nc(NC(=O)c2cc(Br)cn2C(C)C)n1.